The molecule has 0 aliphatic heterocycles. The number of rotatable bonds is 6. The van der Waals surface area contributed by atoms with Crippen molar-refractivity contribution >= 4 is 5.91 Å². The van der Waals surface area contributed by atoms with Gasteiger partial charge in [-0.1, -0.05) is 0 Å². The third-order valence-electron chi connectivity index (χ3n) is 2.96. The second kappa shape index (κ2) is 6.99. The van der Waals surface area contributed by atoms with Crippen molar-refractivity contribution in [1.82, 2.24) is 4.90 Å². The normalized spacial score (nSPS) is 11.8. The van der Waals surface area contributed by atoms with Crippen LogP contribution in [-0.4, -0.2) is 49.3 Å². The number of likely N-dealkylation sites (N-methyl/N-ethyl adjacent to an activating group) is 1. The van der Waals surface area contributed by atoms with E-state index in [1.54, 1.807) is 32.2 Å². The van der Waals surface area contributed by atoms with Crippen LogP contribution < -0.4 is 9.47 Å². The van der Waals surface area contributed by atoms with Gasteiger partial charge in [0, 0.05) is 12.6 Å². The molecule has 0 fully saturated rings. The Labute approximate surface area is 113 Å². The van der Waals surface area contributed by atoms with E-state index in [4.69, 9.17) is 14.6 Å². The average molecular weight is 267 g/mol. The topological polar surface area (TPSA) is 59.0 Å². The molecule has 19 heavy (non-hydrogen) atoms. The van der Waals surface area contributed by atoms with Crippen LogP contribution in [0.4, 0.5) is 0 Å². The number of amides is 1. The van der Waals surface area contributed by atoms with Crippen LogP contribution in [0.2, 0.25) is 0 Å². The van der Waals surface area contributed by atoms with Crippen molar-refractivity contribution in [3.8, 4) is 11.5 Å². The predicted molar refractivity (Wildman–Crippen MR) is 72.8 cm³/mol. The lowest BCUT2D eigenvalue weighted by Crippen LogP contribution is -2.37. The van der Waals surface area contributed by atoms with Crippen LogP contribution in [0.25, 0.3) is 0 Å². The third-order valence-corrected chi connectivity index (χ3v) is 2.96. The third kappa shape index (κ3) is 3.61. The minimum atomic E-state index is -0.231. The minimum Gasteiger partial charge on any atom is -0.493 e. The zero-order valence-electron chi connectivity index (χ0n) is 11.8. The summed E-state index contributed by atoms with van der Waals surface area (Å²) in [6, 6.07) is 4.82. The Morgan fingerprint density at radius 2 is 2.11 bits per heavy atom. The van der Waals surface area contributed by atoms with Gasteiger partial charge < -0.3 is 19.5 Å². The fraction of sp³-hybridized carbons (Fsp3) is 0.500. The number of carbonyl (C=O) groups excluding carboxylic acids is 1. The molecule has 0 spiro atoms. The van der Waals surface area contributed by atoms with Gasteiger partial charge in [0.15, 0.2) is 11.5 Å². The summed E-state index contributed by atoms with van der Waals surface area (Å²) in [5.74, 6) is 0.972. The van der Waals surface area contributed by atoms with Gasteiger partial charge in [-0.25, -0.2) is 0 Å². The summed E-state index contributed by atoms with van der Waals surface area (Å²) in [4.78, 5) is 13.7. The maximum atomic E-state index is 12.2. The summed E-state index contributed by atoms with van der Waals surface area (Å²) < 4.78 is 10.6. The molecular weight excluding hydrogens is 246 g/mol. The Morgan fingerprint density at radius 3 is 2.63 bits per heavy atom. The van der Waals surface area contributed by atoms with Crippen molar-refractivity contribution in [3.63, 3.8) is 0 Å². The summed E-state index contributed by atoms with van der Waals surface area (Å²) in [5, 5.41) is 9.08. The highest BCUT2D eigenvalue weighted by atomic mass is 16.5. The lowest BCUT2D eigenvalue weighted by Gasteiger charge is -2.23. The minimum absolute atomic E-state index is 0.0730. The summed E-state index contributed by atoms with van der Waals surface area (Å²) in [7, 11) is 3.19. The van der Waals surface area contributed by atoms with E-state index in [2.05, 4.69) is 0 Å². The molecule has 0 bridgehead atoms. The molecule has 0 saturated carbocycles. The van der Waals surface area contributed by atoms with Crippen LogP contribution in [0, 0.1) is 0 Å². The van der Waals surface area contributed by atoms with Crippen molar-refractivity contribution in [2.24, 2.45) is 0 Å². The van der Waals surface area contributed by atoms with Crippen LogP contribution >= 0.6 is 0 Å². The van der Waals surface area contributed by atoms with E-state index in [1.165, 1.54) is 12.0 Å². The largest absolute Gasteiger partial charge is 0.493 e. The molecule has 1 unspecified atom stereocenters. The van der Waals surface area contributed by atoms with E-state index in [9.17, 15) is 4.79 Å². The van der Waals surface area contributed by atoms with Crippen LogP contribution in [0.15, 0.2) is 18.2 Å². The molecule has 0 aromatic heterocycles. The standard InChI is InChI=1S/C14H21NO4/c1-5-19-12-7-6-11(8-13(12)18-4)14(17)15(3)10(2)9-16/h6-8,10,16H,5,9H2,1-4H3. The van der Waals surface area contributed by atoms with E-state index in [1.807, 2.05) is 6.92 Å². The zero-order valence-corrected chi connectivity index (χ0v) is 11.8. The second-order valence-electron chi connectivity index (χ2n) is 4.25. The summed E-state index contributed by atoms with van der Waals surface area (Å²) >= 11 is 0. The first-order valence-corrected chi connectivity index (χ1v) is 6.24. The van der Waals surface area contributed by atoms with E-state index in [0.717, 1.165) is 0 Å². The van der Waals surface area contributed by atoms with E-state index in [-0.39, 0.29) is 18.6 Å². The molecule has 0 radical (unpaired) electrons. The highest BCUT2D eigenvalue weighted by Crippen LogP contribution is 2.28. The number of hydrogen-bond donors (Lipinski definition) is 1. The SMILES string of the molecule is CCOc1ccc(C(=O)N(C)C(C)CO)cc1OC. The summed E-state index contributed by atoms with van der Waals surface area (Å²) in [6.07, 6.45) is 0. The molecule has 5 heteroatoms. The van der Waals surface area contributed by atoms with Crippen molar-refractivity contribution in [2.45, 2.75) is 19.9 Å². The van der Waals surface area contributed by atoms with Crippen LogP contribution in [0.5, 0.6) is 11.5 Å². The van der Waals surface area contributed by atoms with Crippen LogP contribution in [0.3, 0.4) is 0 Å². The molecule has 1 aromatic carbocycles. The van der Waals surface area contributed by atoms with Crippen molar-refractivity contribution in [3.05, 3.63) is 23.8 Å². The first kappa shape index (κ1) is 15.3. The fourth-order valence-corrected chi connectivity index (χ4v) is 1.60. The quantitative estimate of drug-likeness (QED) is 0.849. The lowest BCUT2D eigenvalue weighted by molar-refractivity contribution is 0.0682. The predicted octanol–water partition coefficient (Wildman–Crippen LogP) is 1.55. The Bertz CT molecular complexity index is 433. The van der Waals surface area contributed by atoms with Crippen molar-refractivity contribution in [1.29, 1.82) is 0 Å². The van der Waals surface area contributed by atoms with Crippen molar-refractivity contribution < 1.29 is 19.4 Å². The molecule has 1 N–H and O–H groups in total. The van der Waals surface area contributed by atoms with Gasteiger partial charge >= 0.3 is 0 Å². The molecular formula is C14H21NO4. The molecule has 1 atom stereocenters. The molecule has 1 aromatic rings. The van der Waals surface area contributed by atoms with Gasteiger partial charge in [-0.15, -0.1) is 0 Å². The van der Waals surface area contributed by atoms with Gasteiger partial charge in [0.25, 0.3) is 5.91 Å². The van der Waals surface area contributed by atoms with E-state index >= 15 is 0 Å². The smallest absolute Gasteiger partial charge is 0.254 e. The number of ether oxygens (including phenoxy) is 2. The Balaban J connectivity index is 2.98. The maximum Gasteiger partial charge on any atom is 0.254 e. The number of aliphatic hydroxyl groups is 1. The van der Waals surface area contributed by atoms with Gasteiger partial charge in [-0.3, -0.25) is 4.79 Å². The first-order chi connectivity index (χ1) is 9.04. The summed E-state index contributed by atoms with van der Waals surface area (Å²) in [6.45, 7) is 4.13. The van der Waals surface area contributed by atoms with E-state index < -0.39 is 0 Å². The average Bonchev–Trinajstić information content (AvgIpc) is 2.45. The molecule has 0 heterocycles. The molecule has 106 valence electrons. The van der Waals surface area contributed by atoms with Gasteiger partial charge in [0.05, 0.1) is 26.4 Å². The second-order valence-corrected chi connectivity index (χ2v) is 4.25. The Morgan fingerprint density at radius 1 is 1.42 bits per heavy atom. The number of methoxy groups -OCH3 is 1. The van der Waals surface area contributed by atoms with Gasteiger partial charge in [-0.2, -0.15) is 0 Å². The highest BCUT2D eigenvalue weighted by molar-refractivity contribution is 5.95. The molecule has 0 saturated heterocycles. The highest BCUT2D eigenvalue weighted by Gasteiger charge is 2.18. The maximum absolute atomic E-state index is 12.2. The van der Waals surface area contributed by atoms with Gasteiger partial charge in [0.2, 0.25) is 0 Å². The lowest BCUT2D eigenvalue weighted by atomic mass is 10.1. The van der Waals surface area contributed by atoms with Crippen molar-refractivity contribution in [2.75, 3.05) is 27.4 Å². The molecule has 0 aliphatic carbocycles. The Hall–Kier alpha value is -1.75. The number of carbonyl (C=O) groups is 1. The van der Waals surface area contributed by atoms with Gasteiger partial charge in [-0.05, 0) is 32.0 Å². The van der Waals surface area contributed by atoms with Crippen LogP contribution in [-0.2, 0) is 0 Å². The zero-order chi connectivity index (χ0) is 14.4. The Kier molecular flexibility index (Phi) is 5.63. The summed E-state index contributed by atoms with van der Waals surface area (Å²) in [5.41, 5.74) is 0.503. The monoisotopic (exact) mass is 267 g/mol. The van der Waals surface area contributed by atoms with Gasteiger partial charge in [0.1, 0.15) is 0 Å². The first-order valence-electron chi connectivity index (χ1n) is 6.24. The molecule has 5 nitrogen and oxygen atoms in total. The number of aliphatic hydroxyl groups excluding tert-OH is 1. The molecule has 1 rings (SSSR count). The van der Waals surface area contributed by atoms with E-state index in [0.29, 0.717) is 23.7 Å². The number of nitrogens with zero attached hydrogens (tertiary/aromatic N) is 1. The number of hydrogen-bond acceptors (Lipinski definition) is 4. The number of benzene rings is 1. The molecule has 0 aliphatic rings. The van der Waals surface area contributed by atoms with Crippen LogP contribution in [0.1, 0.15) is 24.2 Å². The molecule has 1 amide bonds. The fourth-order valence-electron chi connectivity index (χ4n) is 1.60.